The zero-order valence-electron chi connectivity index (χ0n) is 17.4. The highest BCUT2D eigenvalue weighted by Crippen LogP contribution is 2.38. The van der Waals surface area contributed by atoms with E-state index in [-0.39, 0.29) is 18.3 Å². The lowest BCUT2D eigenvalue weighted by molar-refractivity contribution is -0.138. The number of amides is 1. The molecule has 4 rings (SSSR count). The van der Waals surface area contributed by atoms with Crippen LogP contribution in [0.5, 0.6) is 5.75 Å². The standard InChI is InChI=1S/C22H23F3N4O3/c1-32-18-10-15(28-21(31)19-17(22(23,24)25)3-2-8-26-19)9-14-11-27-29(20(14)18)16-6-4-13(12-30)5-7-16/h2-3,8-11,13,16,30H,4-7,12H2,1H3,(H,28,31). The van der Waals surface area contributed by atoms with E-state index in [1.807, 2.05) is 4.68 Å². The number of nitrogens with zero attached hydrogens (tertiary/aromatic N) is 3. The van der Waals surface area contributed by atoms with Crippen molar-refractivity contribution in [1.82, 2.24) is 14.8 Å². The van der Waals surface area contributed by atoms with Gasteiger partial charge in [-0.25, -0.2) is 0 Å². The van der Waals surface area contributed by atoms with Gasteiger partial charge >= 0.3 is 6.18 Å². The van der Waals surface area contributed by atoms with E-state index in [1.165, 1.54) is 7.11 Å². The third kappa shape index (κ3) is 4.27. The normalized spacial score (nSPS) is 19.2. The number of fused-ring (bicyclic) bond motifs is 1. The van der Waals surface area contributed by atoms with Crippen LogP contribution in [-0.4, -0.2) is 39.5 Å². The van der Waals surface area contributed by atoms with Crippen molar-refractivity contribution in [2.45, 2.75) is 37.9 Å². The molecule has 2 aromatic heterocycles. The Labute approximate surface area is 182 Å². The summed E-state index contributed by atoms with van der Waals surface area (Å²) in [6, 6.07) is 5.33. The first-order chi connectivity index (χ1) is 15.3. The molecule has 7 nitrogen and oxygen atoms in total. The summed E-state index contributed by atoms with van der Waals surface area (Å²) >= 11 is 0. The summed E-state index contributed by atoms with van der Waals surface area (Å²) < 4.78 is 47.1. The Morgan fingerprint density at radius 3 is 2.69 bits per heavy atom. The molecule has 1 saturated carbocycles. The minimum atomic E-state index is -4.70. The highest BCUT2D eigenvalue weighted by molar-refractivity contribution is 6.05. The fourth-order valence-electron chi connectivity index (χ4n) is 4.24. The van der Waals surface area contributed by atoms with Crippen molar-refractivity contribution in [2.75, 3.05) is 19.0 Å². The summed E-state index contributed by atoms with van der Waals surface area (Å²) in [5.41, 5.74) is -0.763. The molecule has 0 radical (unpaired) electrons. The Bertz CT molecular complexity index is 1120. The molecule has 2 N–H and O–H groups in total. The number of nitrogens with one attached hydrogen (secondary N) is 1. The average Bonchev–Trinajstić information content (AvgIpc) is 3.22. The number of alkyl halides is 3. The maximum atomic E-state index is 13.2. The average molecular weight is 448 g/mol. The summed E-state index contributed by atoms with van der Waals surface area (Å²) in [6.45, 7) is 0.186. The Balaban J connectivity index is 1.63. The van der Waals surface area contributed by atoms with Crippen molar-refractivity contribution in [1.29, 1.82) is 0 Å². The van der Waals surface area contributed by atoms with Gasteiger partial charge in [0.25, 0.3) is 5.91 Å². The molecule has 1 amide bonds. The minimum absolute atomic E-state index is 0.160. The largest absolute Gasteiger partial charge is 0.494 e. The van der Waals surface area contributed by atoms with Gasteiger partial charge in [-0.1, -0.05) is 0 Å². The minimum Gasteiger partial charge on any atom is -0.494 e. The van der Waals surface area contributed by atoms with Crippen LogP contribution in [0.2, 0.25) is 0 Å². The lowest BCUT2D eigenvalue weighted by Crippen LogP contribution is -2.21. The lowest BCUT2D eigenvalue weighted by Gasteiger charge is -2.28. The maximum Gasteiger partial charge on any atom is 0.418 e. The number of halogens is 3. The smallest absolute Gasteiger partial charge is 0.418 e. The number of carbonyl (C=O) groups excluding carboxylic acids is 1. The molecule has 0 spiro atoms. The first-order valence-corrected chi connectivity index (χ1v) is 10.3. The summed E-state index contributed by atoms with van der Waals surface area (Å²) in [4.78, 5) is 16.2. The zero-order valence-corrected chi connectivity index (χ0v) is 17.4. The number of ether oxygens (including phenoxy) is 1. The van der Waals surface area contributed by atoms with Crippen molar-refractivity contribution in [2.24, 2.45) is 5.92 Å². The number of rotatable bonds is 5. The van der Waals surface area contributed by atoms with Gasteiger partial charge in [0.2, 0.25) is 0 Å². The van der Waals surface area contributed by atoms with E-state index in [4.69, 9.17) is 4.74 Å². The first kappa shape index (κ1) is 22.1. The van der Waals surface area contributed by atoms with E-state index in [0.29, 0.717) is 17.1 Å². The number of anilines is 1. The van der Waals surface area contributed by atoms with Gasteiger partial charge in [0.1, 0.15) is 17.0 Å². The lowest BCUT2D eigenvalue weighted by atomic mass is 9.86. The van der Waals surface area contributed by atoms with Crippen molar-refractivity contribution >= 4 is 22.5 Å². The quantitative estimate of drug-likeness (QED) is 0.603. The van der Waals surface area contributed by atoms with Gasteiger partial charge in [0, 0.05) is 29.9 Å². The summed E-state index contributed by atoms with van der Waals surface area (Å²) in [7, 11) is 1.49. The van der Waals surface area contributed by atoms with E-state index < -0.39 is 23.3 Å². The number of pyridine rings is 1. The van der Waals surface area contributed by atoms with Crippen molar-refractivity contribution in [3.8, 4) is 5.75 Å². The van der Waals surface area contributed by atoms with Crippen LogP contribution >= 0.6 is 0 Å². The molecule has 0 atom stereocenters. The van der Waals surface area contributed by atoms with Gasteiger partial charge < -0.3 is 15.2 Å². The monoisotopic (exact) mass is 448 g/mol. The molecule has 170 valence electrons. The second kappa shape index (κ2) is 8.78. The van der Waals surface area contributed by atoms with Crippen LogP contribution in [0.15, 0.2) is 36.7 Å². The van der Waals surface area contributed by atoms with Crippen molar-refractivity contribution in [3.05, 3.63) is 47.9 Å². The first-order valence-electron chi connectivity index (χ1n) is 10.3. The number of benzene rings is 1. The van der Waals surface area contributed by atoms with Crippen LogP contribution in [0.3, 0.4) is 0 Å². The highest BCUT2D eigenvalue weighted by atomic mass is 19.4. The van der Waals surface area contributed by atoms with Gasteiger partial charge in [0.15, 0.2) is 0 Å². The molecule has 1 fully saturated rings. The van der Waals surface area contributed by atoms with Gasteiger partial charge in [-0.05, 0) is 49.8 Å². The Kier molecular flexibility index (Phi) is 6.05. The second-order valence-corrected chi connectivity index (χ2v) is 7.91. The summed E-state index contributed by atoms with van der Waals surface area (Å²) in [5, 5.41) is 17.1. The van der Waals surface area contributed by atoms with E-state index >= 15 is 0 Å². The van der Waals surface area contributed by atoms with Crippen LogP contribution in [0.4, 0.5) is 18.9 Å². The third-order valence-corrected chi connectivity index (χ3v) is 5.88. The Morgan fingerprint density at radius 1 is 1.28 bits per heavy atom. The van der Waals surface area contributed by atoms with Gasteiger partial charge in [0.05, 0.1) is 24.9 Å². The number of aromatic nitrogens is 3. The summed E-state index contributed by atoms with van der Waals surface area (Å²) in [6.07, 6.45) is 1.66. The predicted octanol–water partition coefficient (Wildman–Crippen LogP) is 4.43. The number of aliphatic hydroxyl groups is 1. The fourth-order valence-corrected chi connectivity index (χ4v) is 4.24. The Hall–Kier alpha value is -3.14. The molecule has 1 aliphatic carbocycles. The fraction of sp³-hybridized carbons (Fsp3) is 0.409. The molecule has 3 aromatic rings. The number of hydrogen-bond donors (Lipinski definition) is 2. The number of methoxy groups -OCH3 is 1. The van der Waals surface area contributed by atoms with E-state index in [2.05, 4.69) is 15.4 Å². The van der Waals surface area contributed by atoms with Crippen LogP contribution in [0, 0.1) is 5.92 Å². The number of carbonyl (C=O) groups is 1. The van der Waals surface area contributed by atoms with Crippen LogP contribution in [0.25, 0.3) is 10.9 Å². The molecule has 10 heteroatoms. The third-order valence-electron chi connectivity index (χ3n) is 5.88. The molecule has 1 aliphatic rings. The van der Waals surface area contributed by atoms with E-state index in [9.17, 15) is 23.1 Å². The van der Waals surface area contributed by atoms with Crippen LogP contribution < -0.4 is 10.1 Å². The SMILES string of the molecule is COc1cc(NC(=O)c2ncccc2C(F)(F)F)cc2cnn(C3CCC(CO)CC3)c12. The topological polar surface area (TPSA) is 89.3 Å². The zero-order chi connectivity index (χ0) is 22.9. The highest BCUT2D eigenvalue weighted by Gasteiger charge is 2.36. The molecular weight excluding hydrogens is 425 g/mol. The molecule has 1 aromatic carbocycles. The van der Waals surface area contributed by atoms with Crippen LogP contribution in [0.1, 0.15) is 47.8 Å². The van der Waals surface area contributed by atoms with Crippen molar-refractivity contribution < 1.29 is 27.8 Å². The molecule has 32 heavy (non-hydrogen) atoms. The van der Waals surface area contributed by atoms with Crippen molar-refractivity contribution in [3.63, 3.8) is 0 Å². The van der Waals surface area contributed by atoms with Crippen LogP contribution in [-0.2, 0) is 6.18 Å². The maximum absolute atomic E-state index is 13.2. The Morgan fingerprint density at radius 2 is 2.03 bits per heavy atom. The molecule has 2 heterocycles. The molecule has 0 unspecified atom stereocenters. The number of aliphatic hydroxyl groups excluding tert-OH is 1. The van der Waals surface area contributed by atoms with Gasteiger partial charge in [-0.2, -0.15) is 18.3 Å². The summed E-state index contributed by atoms with van der Waals surface area (Å²) in [5.74, 6) is -0.198. The molecular formula is C22H23F3N4O3. The predicted molar refractivity (Wildman–Crippen MR) is 112 cm³/mol. The van der Waals surface area contributed by atoms with Gasteiger partial charge in [-0.3, -0.25) is 14.5 Å². The molecule has 0 saturated heterocycles. The second-order valence-electron chi connectivity index (χ2n) is 7.91. The van der Waals surface area contributed by atoms with E-state index in [0.717, 1.165) is 49.5 Å². The van der Waals surface area contributed by atoms with Gasteiger partial charge in [-0.15, -0.1) is 0 Å². The molecule has 0 aliphatic heterocycles. The van der Waals surface area contributed by atoms with E-state index in [1.54, 1.807) is 18.3 Å². The number of hydrogen-bond acceptors (Lipinski definition) is 5. The molecule has 0 bridgehead atoms.